The van der Waals surface area contributed by atoms with Crippen LogP contribution in [-0.2, 0) is 9.26 Å². The van der Waals surface area contributed by atoms with Crippen LogP contribution < -0.4 is 11.2 Å². The SMILES string of the molecule is Cc1cn([C@H]2CC(N=[N+]=[N-])[C@@H](COPCCl)O2)c(=O)[nH]c1=O. The quantitative estimate of drug-likeness (QED) is 0.210. The molecule has 0 bridgehead atoms. The number of azide groups is 1. The summed E-state index contributed by atoms with van der Waals surface area (Å²) >= 11 is 5.55. The molecule has 2 heterocycles. The number of hydrogen-bond donors (Lipinski definition) is 1. The molecule has 0 aromatic carbocycles. The Balaban J connectivity index is 2.20. The molecule has 1 aromatic rings. The van der Waals surface area contributed by atoms with Crippen LogP contribution in [-0.4, -0.2) is 33.9 Å². The van der Waals surface area contributed by atoms with E-state index in [9.17, 15) is 9.59 Å². The molecule has 1 aliphatic heterocycles. The van der Waals surface area contributed by atoms with Crippen molar-refractivity contribution in [3.63, 3.8) is 0 Å². The highest BCUT2D eigenvalue weighted by atomic mass is 35.5. The van der Waals surface area contributed by atoms with Gasteiger partial charge in [-0.15, -0.1) is 11.6 Å². The van der Waals surface area contributed by atoms with E-state index in [0.717, 1.165) is 0 Å². The average molecular weight is 348 g/mol. The van der Waals surface area contributed by atoms with Gasteiger partial charge in [0.2, 0.25) is 0 Å². The number of alkyl halides is 1. The molecule has 0 radical (unpaired) electrons. The van der Waals surface area contributed by atoms with Gasteiger partial charge in [0.15, 0.2) is 0 Å². The highest BCUT2D eigenvalue weighted by Crippen LogP contribution is 2.31. The number of H-pyrrole nitrogens is 1. The van der Waals surface area contributed by atoms with Gasteiger partial charge in [-0.2, -0.15) is 0 Å². The van der Waals surface area contributed by atoms with E-state index in [0.29, 0.717) is 17.6 Å². The lowest BCUT2D eigenvalue weighted by atomic mass is 10.1. The van der Waals surface area contributed by atoms with E-state index in [1.165, 1.54) is 10.8 Å². The third-order valence-corrected chi connectivity index (χ3v) is 4.07. The number of nitrogens with one attached hydrogen (secondary N) is 1. The molecule has 11 heteroatoms. The number of halogens is 1. The molecule has 2 unspecified atom stereocenters. The van der Waals surface area contributed by atoms with Crippen molar-refractivity contribution in [2.24, 2.45) is 5.11 Å². The van der Waals surface area contributed by atoms with Gasteiger partial charge in [-0.1, -0.05) is 5.11 Å². The maximum atomic E-state index is 11.9. The third-order valence-electron chi connectivity index (χ3n) is 3.26. The molecule has 0 saturated carbocycles. The van der Waals surface area contributed by atoms with E-state index in [-0.39, 0.29) is 15.4 Å². The van der Waals surface area contributed by atoms with E-state index in [1.807, 2.05) is 0 Å². The standard InChI is InChI=1S/C11H15ClN5O4P/c1-6-3-17(11(19)14-10(6)18)9-2-7(15-16-13)8(21-9)4-20-22-5-12/h3,7-9,22H,2,4-5H2,1H3,(H,14,18,19)/t7?,8-,9-/m1/s1. The molecule has 1 fully saturated rings. The predicted octanol–water partition coefficient (Wildman–Crippen LogP) is 1.62. The molecule has 0 amide bonds. The average Bonchev–Trinajstić information content (AvgIpc) is 2.87. The Bertz CT molecular complexity index is 686. The molecule has 9 nitrogen and oxygen atoms in total. The Morgan fingerprint density at radius 3 is 3.14 bits per heavy atom. The molecule has 0 spiro atoms. The number of nitrogens with zero attached hydrogens (tertiary/aromatic N) is 4. The summed E-state index contributed by atoms with van der Waals surface area (Å²) in [5.41, 5.74) is 8.40. The summed E-state index contributed by atoms with van der Waals surface area (Å²) in [4.78, 5) is 28.3. The number of aromatic nitrogens is 2. The van der Waals surface area contributed by atoms with E-state index < -0.39 is 29.6 Å². The van der Waals surface area contributed by atoms with Crippen LogP contribution in [0.3, 0.4) is 0 Å². The Kier molecular flexibility index (Phi) is 5.99. The molecule has 1 saturated heterocycles. The lowest BCUT2D eigenvalue weighted by Crippen LogP contribution is -2.33. The van der Waals surface area contributed by atoms with E-state index >= 15 is 0 Å². The van der Waals surface area contributed by atoms with E-state index in [2.05, 4.69) is 15.0 Å². The van der Waals surface area contributed by atoms with Crippen LogP contribution >= 0.6 is 20.4 Å². The molecular weight excluding hydrogens is 333 g/mol. The van der Waals surface area contributed by atoms with Crippen molar-refractivity contribution in [1.82, 2.24) is 9.55 Å². The zero-order valence-corrected chi connectivity index (χ0v) is 13.5. The number of aromatic amines is 1. The molecule has 1 aromatic heterocycles. The highest BCUT2D eigenvalue weighted by molar-refractivity contribution is 7.34. The van der Waals surface area contributed by atoms with Gasteiger partial charge < -0.3 is 9.26 Å². The smallest absolute Gasteiger partial charge is 0.330 e. The number of rotatable bonds is 6. The van der Waals surface area contributed by atoms with Gasteiger partial charge >= 0.3 is 5.69 Å². The Labute approximate surface area is 132 Å². The Hall–Kier alpha value is -1.37. The van der Waals surface area contributed by atoms with Crippen LogP contribution in [0.2, 0.25) is 0 Å². The second-order valence-electron chi connectivity index (χ2n) is 4.70. The second-order valence-corrected chi connectivity index (χ2v) is 6.35. The van der Waals surface area contributed by atoms with Gasteiger partial charge in [-0.3, -0.25) is 14.3 Å². The van der Waals surface area contributed by atoms with Crippen molar-refractivity contribution >= 4 is 20.4 Å². The summed E-state index contributed by atoms with van der Waals surface area (Å²) in [6.45, 7) is 1.82. The fourth-order valence-corrected chi connectivity index (χ4v) is 2.79. The van der Waals surface area contributed by atoms with Gasteiger partial charge in [0.25, 0.3) is 5.56 Å². The highest BCUT2D eigenvalue weighted by Gasteiger charge is 2.36. The first kappa shape index (κ1) is 17.0. The molecule has 120 valence electrons. The fraction of sp³-hybridized carbons (Fsp3) is 0.636. The maximum absolute atomic E-state index is 11.9. The Morgan fingerprint density at radius 1 is 1.68 bits per heavy atom. The van der Waals surface area contributed by atoms with Crippen molar-refractivity contribution < 1.29 is 9.26 Å². The first-order valence-corrected chi connectivity index (χ1v) is 8.14. The summed E-state index contributed by atoms with van der Waals surface area (Å²) in [7, 11) is 0.121. The number of aryl methyl sites for hydroxylation is 1. The van der Waals surface area contributed by atoms with Crippen LogP contribution in [0.5, 0.6) is 0 Å². The maximum Gasteiger partial charge on any atom is 0.330 e. The zero-order valence-electron chi connectivity index (χ0n) is 11.7. The van der Waals surface area contributed by atoms with Crippen LogP contribution in [0.15, 0.2) is 20.9 Å². The lowest BCUT2D eigenvalue weighted by molar-refractivity contribution is -0.0201. The largest absolute Gasteiger partial charge is 0.359 e. The van der Waals surface area contributed by atoms with Crippen molar-refractivity contribution in [2.75, 3.05) is 12.2 Å². The number of ether oxygens (including phenoxy) is 1. The van der Waals surface area contributed by atoms with Crippen molar-refractivity contribution in [3.8, 4) is 0 Å². The summed E-state index contributed by atoms with van der Waals surface area (Å²) < 4.78 is 12.4. The molecule has 1 N–H and O–H groups in total. The minimum atomic E-state index is -0.619. The molecule has 1 aliphatic rings. The first-order valence-electron chi connectivity index (χ1n) is 6.49. The topological polar surface area (TPSA) is 122 Å². The van der Waals surface area contributed by atoms with Crippen LogP contribution in [0.4, 0.5) is 0 Å². The monoisotopic (exact) mass is 347 g/mol. The number of hydrogen-bond acceptors (Lipinski definition) is 5. The van der Waals surface area contributed by atoms with Gasteiger partial charge in [-0.05, 0) is 12.5 Å². The van der Waals surface area contributed by atoms with Crippen molar-refractivity contribution in [2.45, 2.75) is 31.7 Å². The normalized spacial score (nSPS) is 24.7. The van der Waals surface area contributed by atoms with Gasteiger partial charge in [0, 0.05) is 31.9 Å². The van der Waals surface area contributed by atoms with E-state index in [4.69, 9.17) is 26.4 Å². The van der Waals surface area contributed by atoms with Crippen molar-refractivity contribution in [3.05, 3.63) is 43.0 Å². The van der Waals surface area contributed by atoms with Gasteiger partial charge in [0.1, 0.15) is 6.23 Å². The van der Waals surface area contributed by atoms with Gasteiger partial charge in [-0.25, -0.2) is 4.79 Å². The summed E-state index contributed by atoms with van der Waals surface area (Å²) in [6, 6.07) is -0.450. The zero-order chi connectivity index (χ0) is 16.1. The predicted molar refractivity (Wildman–Crippen MR) is 82.5 cm³/mol. The van der Waals surface area contributed by atoms with Crippen molar-refractivity contribution in [1.29, 1.82) is 0 Å². The Morgan fingerprint density at radius 2 is 2.45 bits per heavy atom. The van der Waals surface area contributed by atoms with Crippen LogP contribution in [0, 0.1) is 6.92 Å². The third kappa shape index (κ3) is 3.88. The first-order chi connectivity index (χ1) is 10.6. The molecule has 22 heavy (non-hydrogen) atoms. The lowest BCUT2D eigenvalue weighted by Gasteiger charge is -2.16. The summed E-state index contributed by atoms with van der Waals surface area (Å²) in [5, 5.41) is 3.69. The molecule has 0 aliphatic carbocycles. The second kappa shape index (κ2) is 7.76. The molecule has 2 rings (SSSR count). The fourth-order valence-electron chi connectivity index (χ4n) is 2.20. The molecule has 4 atom stereocenters. The summed E-state index contributed by atoms with van der Waals surface area (Å²) in [5.74, 6) is 0. The van der Waals surface area contributed by atoms with Crippen LogP contribution in [0.1, 0.15) is 18.2 Å². The minimum absolute atomic E-state index is 0.121. The van der Waals surface area contributed by atoms with Crippen LogP contribution in [0.25, 0.3) is 10.4 Å². The van der Waals surface area contributed by atoms with Gasteiger partial charge in [0.05, 0.1) is 24.4 Å². The molecular formula is C11H15ClN5O4P. The van der Waals surface area contributed by atoms with E-state index in [1.54, 1.807) is 6.92 Å². The minimum Gasteiger partial charge on any atom is -0.359 e. The summed E-state index contributed by atoms with van der Waals surface area (Å²) in [6.07, 6.45) is 0.679.